The molecule has 2 aromatic rings. The van der Waals surface area contributed by atoms with Crippen molar-refractivity contribution >= 4 is 6.03 Å². The highest BCUT2D eigenvalue weighted by Crippen LogP contribution is 2.32. The number of rotatable bonds is 7. The Labute approximate surface area is 172 Å². The summed E-state index contributed by atoms with van der Waals surface area (Å²) in [4.78, 5) is 14.4. The number of fused-ring (bicyclic) bond motifs is 1. The van der Waals surface area contributed by atoms with Gasteiger partial charge in [0, 0.05) is 19.6 Å². The third kappa shape index (κ3) is 6.12. The maximum absolute atomic E-state index is 12.7. The predicted molar refractivity (Wildman–Crippen MR) is 112 cm³/mol. The molecule has 0 atom stereocenters. The third-order valence-corrected chi connectivity index (χ3v) is 4.59. The maximum Gasteiger partial charge on any atom is 0.317 e. The highest BCUT2D eigenvalue weighted by molar-refractivity contribution is 5.74. The van der Waals surface area contributed by atoms with Crippen LogP contribution in [0.4, 0.5) is 4.79 Å². The molecule has 0 bridgehead atoms. The molecule has 0 aliphatic carbocycles. The average molecular weight is 399 g/mol. The summed E-state index contributed by atoms with van der Waals surface area (Å²) in [6.07, 6.45) is 0. The van der Waals surface area contributed by atoms with Gasteiger partial charge in [0.25, 0.3) is 0 Å². The SMILES string of the molecule is CCN(Cc1ccc2c(c1)OCO2)C(=O)NCc1cccc(COC(C)(C)C)c1. The average Bonchev–Trinajstić information content (AvgIpc) is 3.16. The Bertz CT molecular complexity index is 845. The van der Waals surface area contributed by atoms with Gasteiger partial charge in [0.15, 0.2) is 11.5 Å². The third-order valence-electron chi connectivity index (χ3n) is 4.59. The number of nitrogens with zero attached hydrogens (tertiary/aromatic N) is 1. The lowest BCUT2D eigenvalue weighted by atomic mass is 10.1. The van der Waals surface area contributed by atoms with Gasteiger partial charge in [-0.3, -0.25) is 0 Å². The Kier molecular flexibility index (Phi) is 6.64. The monoisotopic (exact) mass is 398 g/mol. The lowest BCUT2D eigenvalue weighted by Gasteiger charge is -2.22. The van der Waals surface area contributed by atoms with E-state index in [-0.39, 0.29) is 18.4 Å². The van der Waals surface area contributed by atoms with E-state index in [0.29, 0.717) is 26.2 Å². The number of carbonyl (C=O) groups excluding carboxylic acids is 1. The highest BCUT2D eigenvalue weighted by Gasteiger charge is 2.17. The maximum atomic E-state index is 12.7. The minimum absolute atomic E-state index is 0.0958. The van der Waals surface area contributed by atoms with Crippen LogP contribution in [0.25, 0.3) is 0 Å². The Morgan fingerprint density at radius 1 is 1.07 bits per heavy atom. The first-order valence-electron chi connectivity index (χ1n) is 9.97. The molecule has 0 saturated carbocycles. The summed E-state index contributed by atoms with van der Waals surface area (Å²) in [5.74, 6) is 1.48. The number of urea groups is 1. The number of amides is 2. The van der Waals surface area contributed by atoms with Gasteiger partial charge in [0.1, 0.15) is 0 Å². The van der Waals surface area contributed by atoms with Gasteiger partial charge >= 0.3 is 6.03 Å². The number of ether oxygens (including phenoxy) is 3. The Morgan fingerprint density at radius 2 is 1.83 bits per heavy atom. The summed E-state index contributed by atoms with van der Waals surface area (Å²) >= 11 is 0. The predicted octanol–water partition coefficient (Wildman–Crippen LogP) is 4.46. The first-order chi connectivity index (χ1) is 13.8. The van der Waals surface area contributed by atoms with E-state index in [9.17, 15) is 4.79 Å². The van der Waals surface area contributed by atoms with Crippen LogP contribution in [0.1, 0.15) is 44.4 Å². The fourth-order valence-corrected chi connectivity index (χ4v) is 3.01. The molecule has 0 fully saturated rings. The van der Waals surface area contributed by atoms with Gasteiger partial charge in [-0.2, -0.15) is 0 Å². The number of hydrogen-bond donors (Lipinski definition) is 1. The first-order valence-corrected chi connectivity index (χ1v) is 9.97. The second-order valence-corrected chi connectivity index (χ2v) is 8.08. The van der Waals surface area contributed by atoms with Crippen LogP contribution < -0.4 is 14.8 Å². The van der Waals surface area contributed by atoms with E-state index in [2.05, 4.69) is 11.4 Å². The summed E-state index contributed by atoms with van der Waals surface area (Å²) < 4.78 is 16.6. The standard InChI is InChI=1S/C23H30N2O4/c1-5-25(14-18-9-10-20-21(12-18)28-16-27-20)22(26)24-13-17-7-6-8-19(11-17)15-29-23(2,3)4/h6-12H,5,13-16H2,1-4H3,(H,24,26). The molecular weight excluding hydrogens is 368 g/mol. The highest BCUT2D eigenvalue weighted by atomic mass is 16.7. The van der Waals surface area contributed by atoms with E-state index in [1.54, 1.807) is 4.90 Å². The molecule has 0 radical (unpaired) electrons. The second kappa shape index (κ2) is 9.18. The zero-order valence-corrected chi connectivity index (χ0v) is 17.7. The van der Waals surface area contributed by atoms with Crippen LogP contribution in [0.3, 0.4) is 0 Å². The molecule has 6 heteroatoms. The van der Waals surface area contributed by atoms with Crippen LogP contribution in [0.15, 0.2) is 42.5 Å². The van der Waals surface area contributed by atoms with E-state index < -0.39 is 0 Å². The fourth-order valence-electron chi connectivity index (χ4n) is 3.01. The van der Waals surface area contributed by atoms with Gasteiger partial charge in [-0.05, 0) is 56.5 Å². The molecule has 0 unspecified atom stereocenters. The Balaban J connectivity index is 1.55. The molecule has 156 valence electrons. The van der Waals surface area contributed by atoms with E-state index >= 15 is 0 Å². The number of hydrogen-bond acceptors (Lipinski definition) is 4. The van der Waals surface area contributed by atoms with Gasteiger partial charge < -0.3 is 24.4 Å². The topological polar surface area (TPSA) is 60.0 Å². The summed E-state index contributed by atoms with van der Waals surface area (Å²) in [5.41, 5.74) is 2.97. The largest absolute Gasteiger partial charge is 0.454 e. The molecule has 1 aliphatic rings. The molecule has 0 spiro atoms. The van der Waals surface area contributed by atoms with Crippen molar-refractivity contribution in [3.63, 3.8) is 0 Å². The molecule has 1 aliphatic heterocycles. The molecule has 0 aromatic heterocycles. The van der Waals surface area contributed by atoms with Gasteiger partial charge in [0.05, 0.1) is 12.2 Å². The van der Waals surface area contributed by atoms with Crippen molar-refractivity contribution in [3.8, 4) is 11.5 Å². The Hall–Kier alpha value is -2.73. The zero-order valence-electron chi connectivity index (χ0n) is 17.7. The zero-order chi connectivity index (χ0) is 20.9. The van der Waals surface area contributed by atoms with Gasteiger partial charge in [-0.1, -0.05) is 30.3 Å². The second-order valence-electron chi connectivity index (χ2n) is 8.08. The van der Waals surface area contributed by atoms with Crippen molar-refractivity contribution < 1.29 is 19.0 Å². The number of nitrogens with one attached hydrogen (secondary N) is 1. The smallest absolute Gasteiger partial charge is 0.317 e. The summed E-state index contributed by atoms with van der Waals surface area (Å²) in [5, 5.41) is 3.01. The lowest BCUT2D eigenvalue weighted by molar-refractivity contribution is -0.0149. The van der Waals surface area contributed by atoms with Crippen LogP contribution in [0, 0.1) is 0 Å². The van der Waals surface area contributed by atoms with Crippen molar-refractivity contribution in [2.24, 2.45) is 0 Å². The van der Waals surface area contributed by atoms with Crippen LogP contribution in [-0.2, 0) is 24.4 Å². The van der Waals surface area contributed by atoms with E-state index in [1.165, 1.54) is 0 Å². The van der Waals surface area contributed by atoms with Gasteiger partial charge in [-0.25, -0.2) is 4.79 Å². The molecule has 2 aromatic carbocycles. The molecule has 3 rings (SSSR count). The van der Waals surface area contributed by atoms with Gasteiger partial charge in [0.2, 0.25) is 6.79 Å². The number of carbonyl (C=O) groups is 1. The van der Waals surface area contributed by atoms with Crippen molar-refractivity contribution in [1.82, 2.24) is 10.2 Å². The van der Waals surface area contributed by atoms with Crippen LogP contribution >= 0.6 is 0 Å². The summed E-state index contributed by atoms with van der Waals surface area (Å²) in [6, 6.07) is 13.8. The van der Waals surface area contributed by atoms with Crippen LogP contribution in [0.5, 0.6) is 11.5 Å². The van der Waals surface area contributed by atoms with Crippen molar-refractivity contribution in [2.75, 3.05) is 13.3 Å². The lowest BCUT2D eigenvalue weighted by Crippen LogP contribution is -2.39. The van der Waals surface area contributed by atoms with Crippen LogP contribution in [0.2, 0.25) is 0 Å². The van der Waals surface area contributed by atoms with Crippen molar-refractivity contribution in [1.29, 1.82) is 0 Å². The van der Waals surface area contributed by atoms with Gasteiger partial charge in [-0.15, -0.1) is 0 Å². The van der Waals surface area contributed by atoms with Crippen LogP contribution in [-0.4, -0.2) is 29.9 Å². The molecule has 29 heavy (non-hydrogen) atoms. The van der Waals surface area contributed by atoms with E-state index in [0.717, 1.165) is 28.2 Å². The molecule has 0 saturated heterocycles. The Morgan fingerprint density at radius 3 is 2.59 bits per heavy atom. The minimum Gasteiger partial charge on any atom is -0.454 e. The normalized spacial score (nSPS) is 12.7. The first kappa shape index (κ1) is 21.0. The molecule has 6 nitrogen and oxygen atoms in total. The summed E-state index contributed by atoms with van der Waals surface area (Å²) in [7, 11) is 0. The van der Waals surface area contributed by atoms with Crippen molar-refractivity contribution in [3.05, 3.63) is 59.2 Å². The molecule has 1 heterocycles. The fraction of sp³-hybridized carbons (Fsp3) is 0.435. The number of benzene rings is 2. The van der Waals surface area contributed by atoms with E-state index in [1.807, 2.05) is 64.1 Å². The van der Waals surface area contributed by atoms with E-state index in [4.69, 9.17) is 14.2 Å². The van der Waals surface area contributed by atoms with Crippen molar-refractivity contribution in [2.45, 2.75) is 53.0 Å². The quantitative estimate of drug-likeness (QED) is 0.748. The summed E-state index contributed by atoms with van der Waals surface area (Å²) in [6.45, 7) is 10.5. The molecule has 1 N–H and O–H groups in total. The minimum atomic E-state index is -0.180. The molecular formula is C23H30N2O4. The molecule has 2 amide bonds.